The molecule has 1 aliphatic heterocycles. The van der Waals surface area contributed by atoms with Gasteiger partial charge in [0, 0.05) is 6.54 Å². The first kappa shape index (κ1) is 16.0. The number of amides is 1. The molecule has 0 N–H and O–H groups in total. The zero-order valence-corrected chi connectivity index (χ0v) is 14.0. The van der Waals surface area contributed by atoms with Crippen molar-refractivity contribution in [3.63, 3.8) is 0 Å². The second-order valence-electron chi connectivity index (χ2n) is 5.35. The number of rotatable bonds is 4. The van der Waals surface area contributed by atoms with Gasteiger partial charge in [0.2, 0.25) is 0 Å². The average molecular weight is 350 g/mol. The lowest BCUT2D eigenvalue weighted by Crippen LogP contribution is -2.41. The predicted octanol–water partition coefficient (Wildman–Crippen LogP) is 3.75. The van der Waals surface area contributed by atoms with Crippen molar-refractivity contribution < 1.29 is 14.3 Å². The van der Waals surface area contributed by atoms with Crippen molar-refractivity contribution in [1.29, 1.82) is 0 Å². The Bertz CT molecular complexity index is 701. The summed E-state index contributed by atoms with van der Waals surface area (Å²) >= 11 is 7.11. The number of carbonyl (C=O) groups is 2. The van der Waals surface area contributed by atoms with Crippen LogP contribution in [0.1, 0.15) is 28.1 Å². The molecule has 0 saturated carbocycles. The summed E-state index contributed by atoms with van der Waals surface area (Å²) in [6, 6.07) is 12.4. The molecule has 6 heteroatoms. The third-order valence-electron chi connectivity index (χ3n) is 3.79. The van der Waals surface area contributed by atoms with Crippen molar-refractivity contribution in [2.75, 3.05) is 6.54 Å². The molecule has 4 nitrogen and oxygen atoms in total. The molecule has 0 bridgehead atoms. The molecule has 1 saturated heterocycles. The van der Waals surface area contributed by atoms with Gasteiger partial charge in [0.15, 0.2) is 0 Å². The maximum Gasteiger partial charge on any atom is 0.329 e. The maximum atomic E-state index is 12.5. The quantitative estimate of drug-likeness (QED) is 0.790. The second-order valence-corrected chi connectivity index (χ2v) is 7.07. The van der Waals surface area contributed by atoms with Crippen LogP contribution in [0.15, 0.2) is 42.5 Å². The number of hydrogen-bond acceptors (Lipinski definition) is 4. The van der Waals surface area contributed by atoms with Gasteiger partial charge >= 0.3 is 5.97 Å². The van der Waals surface area contributed by atoms with Crippen molar-refractivity contribution >= 4 is 34.8 Å². The van der Waals surface area contributed by atoms with E-state index in [0.29, 0.717) is 22.2 Å². The minimum Gasteiger partial charge on any atom is -0.459 e. The van der Waals surface area contributed by atoms with E-state index in [-0.39, 0.29) is 18.5 Å². The van der Waals surface area contributed by atoms with E-state index in [4.69, 9.17) is 16.3 Å². The van der Waals surface area contributed by atoms with E-state index < -0.39 is 6.04 Å². The lowest BCUT2D eigenvalue weighted by molar-refractivity contribution is -0.149. The fraction of sp³-hybridized carbons (Fsp3) is 0.294. The molecule has 0 unspecified atom stereocenters. The van der Waals surface area contributed by atoms with Crippen LogP contribution in [-0.2, 0) is 16.1 Å². The molecule has 0 spiro atoms. The number of halogens is 1. The molecule has 1 amide bonds. The number of ether oxygens (including phenoxy) is 1. The fourth-order valence-corrected chi connectivity index (χ4v) is 3.65. The van der Waals surface area contributed by atoms with Gasteiger partial charge in [-0.1, -0.05) is 41.9 Å². The number of likely N-dealkylation sites (tertiary alicyclic amines) is 1. The Morgan fingerprint density at radius 2 is 2.00 bits per heavy atom. The average Bonchev–Trinajstić information content (AvgIpc) is 3.22. The van der Waals surface area contributed by atoms with Crippen molar-refractivity contribution in [1.82, 2.24) is 4.90 Å². The number of hydrogen-bond donors (Lipinski definition) is 0. The third kappa shape index (κ3) is 3.74. The van der Waals surface area contributed by atoms with Gasteiger partial charge in [-0.25, -0.2) is 4.79 Å². The van der Waals surface area contributed by atoms with Crippen molar-refractivity contribution in [3.05, 3.63) is 57.2 Å². The fourth-order valence-electron chi connectivity index (χ4n) is 2.65. The van der Waals surface area contributed by atoms with Gasteiger partial charge in [0.05, 0.1) is 9.21 Å². The number of benzene rings is 1. The highest BCUT2D eigenvalue weighted by Crippen LogP contribution is 2.27. The summed E-state index contributed by atoms with van der Waals surface area (Å²) in [6.07, 6.45) is 1.44. The number of nitrogens with zero attached hydrogens (tertiary/aromatic N) is 1. The first-order chi connectivity index (χ1) is 11.1. The number of esters is 1. The summed E-state index contributed by atoms with van der Waals surface area (Å²) in [6.45, 7) is 0.794. The molecule has 3 rings (SSSR count). The molecule has 1 aliphatic rings. The smallest absolute Gasteiger partial charge is 0.329 e. The highest BCUT2D eigenvalue weighted by Gasteiger charge is 2.36. The molecule has 1 aromatic heterocycles. The SMILES string of the molecule is O=C(OCc1ccccc1)[C@H]1CCCN1C(=O)c1ccc(Cl)s1. The summed E-state index contributed by atoms with van der Waals surface area (Å²) in [4.78, 5) is 27.0. The highest BCUT2D eigenvalue weighted by atomic mass is 35.5. The molecule has 0 aliphatic carbocycles. The Labute approximate surface area is 143 Å². The lowest BCUT2D eigenvalue weighted by Gasteiger charge is -2.22. The molecule has 2 heterocycles. The zero-order valence-electron chi connectivity index (χ0n) is 12.4. The monoisotopic (exact) mass is 349 g/mol. The molecule has 23 heavy (non-hydrogen) atoms. The maximum absolute atomic E-state index is 12.5. The topological polar surface area (TPSA) is 46.6 Å². The van der Waals surface area contributed by atoms with Crippen LogP contribution in [0.25, 0.3) is 0 Å². The van der Waals surface area contributed by atoms with Gasteiger partial charge in [0.25, 0.3) is 5.91 Å². The minimum absolute atomic E-state index is 0.152. The largest absolute Gasteiger partial charge is 0.459 e. The molecular weight excluding hydrogens is 334 g/mol. The molecule has 1 atom stereocenters. The Kier molecular flexibility index (Phi) is 4.98. The van der Waals surface area contributed by atoms with Gasteiger partial charge in [0.1, 0.15) is 12.6 Å². The number of carbonyl (C=O) groups excluding carboxylic acids is 2. The highest BCUT2D eigenvalue weighted by molar-refractivity contribution is 7.17. The first-order valence-corrected chi connectivity index (χ1v) is 8.61. The summed E-state index contributed by atoms with van der Waals surface area (Å²) < 4.78 is 5.94. The van der Waals surface area contributed by atoms with Crippen LogP contribution in [0, 0.1) is 0 Å². The van der Waals surface area contributed by atoms with Crippen molar-refractivity contribution in [2.24, 2.45) is 0 Å². The van der Waals surface area contributed by atoms with Crippen LogP contribution in [0.2, 0.25) is 4.34 Å². The van der Waals surface area contributed by atoms with E-state index in [1.165, 1.54) is 11.3 Å². The van der Waals surface area contributed by atoms with Gasteiger partial charge in [-0.3, -0.25) is 4.79 Å². The molecule has 1 fully saturated rings. The van der Waals surface area contributed by atoms with Crippen LogP contribution in [0.4, 0.5) is 0 Å². The molecule has 0 radical (unpaired) electrons. The van der Waals surface area contributed by atoms with Gasteiger partial charge in [-0.2, -0.15) is 0 Å². The predicted molar refractivity (Wildman–Crippen MR) is 89.6 cm³/mol. The molecule has 120 valence electrons. The van der Waals surface area contributed by atoms with E-state index in [1.54, 1.807) is 17.0 Å². The van der Waals surface area contributed by atoms with Crippen LogP contribution in [0.3, 0.4) is 0 Å². The summed E-state index contributed by atoms with van der Waals surface area (Å²) in [7, 11) is 0. The lowest BCUT2D eigenvalue weighted by atomic mass is 10.2. The van der Waals surface area contributed by atoms with Crippen molar-refractivity contribution in [3.8, 4) is 0 Å². The molecule has 1 aromatic carbocycles. The van der Waals surface area contributed by atoms with Crippen LogP contribution in [-0.4, -0.2) is 29.4 Å². The Balaban J connectivity index is 1.64. The summed E-state index contributed by atoms with van der Waals surface area (Å²) in [5, 5.41) is 0. The van der Waals surface area contributed by atoms with Crippen LogP contribution >= 0.6 is 22.9 Å². The Morgan fingerprint density at radius 3 is 2.70 bits per heavy atom. The van der Waals surface area contributed by atoms with E-state index in [0.717, 1.165) is 12.0 Å². The van der Waals surface area contributed by atoms with Crippen molar-refractivity contribution in [2.45, 2.75) is 25.5 Å². The zero-order chi connectivity index (χ0) is 16.2. The van der Waals surface area contributed by atoms with Gasteiger partial charge in [-0.15, -0.1) is 11.3 Å². The standard InChI is InChI=1S/C17H16ClNO3S/c18-15-9-8-14(23-15)16(20)19-10-4-7-13(19)17(21)22-11-12-5-2-1-3-6-12/h1-3,5-6,8-9,13H,4,7,10-11H2/t13-/m1/s1. The van der Waals surface area contributed by atoms with Crippen LogP contribution < -0.4 is 0 Å². The summed E-state index contributed by atoms with van der Waals surface area (Å²) in [5.74, 6) is -0.497. The Hall–Kier alpha value is -1.85. The second kappa shape index (κ2) is 7.15. The normalized spacial score (nSPS) is 17.3. The minimum atomic E-state index is -0.507. The van der Waals surface area contributed by atoms with Gasteiger partial charge < -0.3 is 9.64 Å². The summed E-state index contributed by atoms with van der Waals surface area (Å²) in [5.41, 5.74) is 0.932. The van der Waals surface area contributed by atoms with Gasteiger partial charge in [-0.05, 0) is 30.5 Å². The van der Waals surface area contributed by atoms with E-state index >= 15 is 0 Å². The van der Waals surface area contributed by atoms with Crippen LogP contribution in [0.5, 0.6) is 0 Å². The Morgan fingerprint density at radius 1 is 1.22 bits per heavy atom. The van der Waals surface area contributed by atoms with E-state index in [9.17, 15) is 9.59 Å². The van der Waals surface area contributed by atoms with E-state index in [1.807, 2.05) is 30.3 Å². The first-order valence-electron chi connectivity index (χ1n) is 7.42. The molecule has 2 aromatic rings. The molecular formula is C17H16ClNO3S. The van der Waals surface area contributed by atoms with E-state index in [2.05, 4.69) is 0 Å². The third-order valence-corrected chi connectivity index (χ3v) is 5.01. The number of thiophene rings is 1.